The Bertz CT molecular complexity index is 1530. The van der Waals surface area contributed by atoms with Crippen LogP contribution < -0.4 is 19.6 Å². The number of phenolic OH excluding ortho intramolecular Hbond substituents is 1. The number of aromatic nitrogens is 1. The Morgan fingerprint density at radius 2 is 2.00 bits per heavy atom. The van der Waals surface area contributed by atoms with Crippen molar-refractivity contribution in [1.29, 1.82) is 0 Å². The second-order valence-corrected chi connectivity index (χ2v) is 9.68. The van der Waals surface area contributed by atoms with E-state index in [1.165, 1.54) is 18.4 Å². The lowest BCUT2D eigenvalue weighted by molar-refractivity contribution is -0.143. The first-order valence-electron chi connectivity index (χ1n) is 11.5. The van der Waals surface area contributed by atoms with Crippen LogP contribution in [0.3, 0.4) is 0 Å². The topological polar surface area (TPSA) is 90.1 Å². The molecule has 36 heavy (non-hydrogen) atoms. The van der Waals surface area contributed by atoms with Crippen LogP contribution in [0.25, 0.3) is 6.08 Å². The van der Waals surface area contributed by atoms with Crippen molar-refractivity contribution in [2.45, 2.75) is 39.3 Å². The minimum Gasteiger partial charge on any atom is -0.504 e. The highest BCUT2D eigenvalue weighted by Crippen LogP contribution is 2.33. The van der Waals surface area contributed by atoms with Gasteiger partial charge >= 0.3 is 5.97 Å². The number of hydrogen-bond donors (Lipinski definition) is 1. The number of benzene rings is 2. The van der Waals surface area contributed by atoms with E-state index >= 15 is 0 Å². The van der Waals surface area contributed by atoms with Gasteiger partial charge in [0.25, 0.3) is 5.56 Å². The summed E-state index contributed by atoms with van der Waals surface area (Å²) in [6, 6.07) is 12.2. The van der Waals surface area contributed by atoms with Gasteiger partial charge in [-0.25, -0.2) is 9.79 Å². The number of allylic oxidation sites excluding steroid dienone is 2. The fourth-order valence-electron chi connectivity index (χ4n) is 4.20. The Labute approximate surface area is 213 Å². The van der Waals surface area contributed by atoms with Crippen molar-refractivity contribution in [1.82, 2.24) is 4.57 Å². The molecule has 1 atom stereocenters. The molecule has 2 aromatic carbocycles. The third-order valence-electron chi connectivity index (χ3n) is 5.76. The molecule has 1 aliphatic heterocycles. The average molecular weight is 505 g/mol. The molecule has 4 rings (SSSR count). The highest BCUT2D eigenvalue weighted by Gasteiger charge is 2.33. The van der Waals surface area contributed by atoms with Gasteiger partial charge in [-0.05, 0) is 56.5 Å². The molecule has 0 saturated heterocycles. The second kappa shape index (κ2) is 10.4. The Morgan fingerprint density at radius 3 is 2.64 bits per heavy atom. The summed E-state index contributed by atoms with van der Waals surface area (Å²) in [6.45, 7) is 9.07. The summed E-state index contributed by atoms with van der Waals surface area (Å²) < 4.78 is 12.8. The van der Waals surface area contributed by atoms with Crippen LogP contribution in [0.4, 0.5) is 0 Å². The quantitative estimate of drug-likeness (QED) is 0.392. The van der Waals surface area contributed by atoms with E-state index in [1.807, 2.05) is 30.3 Å². The van der Waals surface area contributed by atoms with Crippen molar-refractivity contribution in [2.24, 2.45) is 4.99 Å². The van der Waals surface area contributed by atoms with E-state index in [9.17, 15) is 14.7 Å². The number of carbonyl (C=O) groups is 1. The number of aromatic hydroxyl groups is 1. The maximum atomic E-state index is 13.7. The number of nitrogens with zero attached hydrogens (tertiary/aromatic N) is 2. The number of ether oxygens (including phenoxy) is 2. The van der Waals surface area contributed by atoms with Crippen molar-refractivity contribution in [3.05, 3.63) is 103 Å². The van der Waals surface area contributed by atoms with Gasteiger partial charge in [-0.2, -0.15) is 0 Å². The molecule has 1 unspecified atom stereocenters. The van der Waals surface area contributed by atoms with Crippen molar-refractivity contribution in [2.75, 3.05) is 7.11 Å². The molecule has 8 heteroatoms. The first-order valence-corrected chi connectivity index (χ1v) is 12.4. The van der Waals surface area contributed by atoms with Crippen LogP contribution in [0.15, 0.2) is 76.2 Å². The lowest BCUT2D eigenvalue weighted by Crippen LogP contribution is -2.40. The monoisotopic (exact) mass is 504 g/mol. The zero-order valence-electron chi connectivity index (χ0n) is 20.6. The van der Waals surface area contributed by atoms with Gasteiger partial charge < -0.3 is 14.6 Å². The summed E-state index contributed by atoms with van der Waals surface area (Å²) in [6.07, 6.45) is 3.56. The fraction of sp³-hybridized carbons (Fsp3) is 0.250. The first-order chi connectivity index (χ1) is 17.2. The van der Waals surface area contributed by atoms with E-state index in [0.717, 1.165) is 5.56 Å². The van der Waals surface area contributed by atoms with Gasteiger partial charge in [-0.1, -0.05) is 47.7 Å². The van der Waals surface area contributed by atoms with Gasteiger partial charge in [-0.3, -0.25) is 9.36 Å². The molecule has 3 aromatic rings. The van der Waals surface area contributed by atoms with Crippen molar-refractivity contribution in [3.8, 4) is 11.5 Å². The molecule has 186 valence electrons. The molecule has 7 nitrogen and oxygen atoms in total. The summed E-state index contributed by atoms with van der Waals surface area (Å²) in [5.41, 5.74) is 2.70. The standard InChI is InChI=1S/C28H28N2O5S/c1-6-10-20-13-18(14-21(34-5)25(20)31)15-22-26(32)30-24(19-11-8-7-9-12-19)23(27(33)35-16(2)3)17(4)29-28(30)36-22/h6-9,11-16,24,31H,1,10H2,2-5H3. The lowest BCUT2D eigenvalue weighted by atomic mass is 9.96. The van der Waals surface area contributed by atoms with Gasteiger partial charge in [0.2, 0.25) is 0 Å². The Hall–Kier alpha value is -3.91. The van der Waals surface area contributed by atoms with Gasteiger partial charge in [-0.15, -0.1) is 6.58 Å². The first kappa shape index (κ1) is 25.2. The maximum absolute atomic E-state index is 13.7. The van der Waals surface area contributed by atoms with Gasteiger partial charge in [0.05, 0.1) is 35.1 Å². The van der Waals surface area contributed by atoms with E-state index in [2.05, 4.69) is 11.6 Å². The van der Waals surface area contributed by atoms with E-state index < -0.39 is 12.0 Å². The van der Waals surface area contributed by atoms with Crippen LogP contribution in [0, 0.1) is 0 Å². The normalized spacial score (nSPS) is 15.5. The highest BCUT2D eigenvalue weighted by molar-refractivity contribution is 7.07. The molecule has 1 aliphatic rings. The largest absolute Gasteiger partial charge is 0.504 e. The number of esters is 1. The van der Waals surface area contributed by atoms with Crippen LogP contribution >= 0.6 is 11.3 Å². The Balaban J connectivity index is 1.93. The fourth-order valence-corrected chi connectivity index (χ4v) is 5.25. The van der Waals surface area contributed by atoms with Crippen molar-refractivity contribution >= 4 is 23.4 Å². The zero-order valence-corrected chi connectivity index (χ0v) is 21.5. The predicted octanol–water partition coefficient (Wildman–Crippen LogP) is 3.63. The van der Waals surface area contributed by atoms with Crippen LogP contribution in [0.5, 0.6) is 11.5 Å². The lowest BCUT2D eigenvalue weighted by Gasteiger charge is -2.25. The molecular weight excluding hydrogens is 476 g/mol. The number of rotatable bonds is 7. The molecule has 0 fully saturated rings. The number of methoxy groups -OCH3 is 1. The molecule has 0 radical (unpaired) electrons. The molecule has 0 bridgehead atoms. The predicted molar refractivity (Wildman–Crippen MR) is 140 cm³/mol. The minimum absolute atomic E-state index is 0.0454. The average Bonchev–Trinajstić information content (AvgIpc) is 3.14. The summed E-state index contributed by atoms with van der Waals surface area (Å²) in [5, 5.41) is 10.4. The minimum atomic E-state index is -0.665. The number of phenols is 1. The third kappa shape index (κ3) is 4.77. The van der Waals surface area contributed by atoms with Gasteiger partial charge in [0.15, 0.2) is 16.3 Å². The van der Waals surface area contributed by atoms with Crippen molar-refractivity contribution < 1.29 is 19.4 Å². The Kier molecular flexibility index (Phi) is 7.26. The van der Waals surface area contributed by atoms with Gasteiger partial charge in [0.1, 0.15) is 0 Å². The molecule has 1 aromatic heterocycles. The van der Waals surface area contributed by atoms with Crippen LogP contribution in [-0.2, 0) is 16.0 Å². The van der Waals surface area contributed by atoms with E-state index in [1.54, 1.807) is 49.6 Å². The van der Waals surface area contributed by atoms with Crippen LogP contribution in [0.1, 0.15) is 43.5 Å². The second-order valence-electron chi connectivity index (χ2n) is 8.67. The molecule has 0 aliphatic carbocycles. The number of thiazole rings is 1. The highest BCUT2D eigenvalue weighted by atomic mass is 32.1. The third-order valence-corrected chi connectivity index (χ3v) is 6.74. The summed E-state index contributed by atoms with van der Waals surface area (Å²) in [4.78, 5) is 32.0. The molecule has 0 amide bonds. The van der Waals surface area contributed by atoms with E-state index in [-0.39, 0.29) is 17.4 Å². The molecule has 2 heterocycles. The maximum Gasteiger partial charge on any atom is 0.338 e. The van der Waals surface area contributed by atoms with Crippen LogP contribution in [-0.4, -0.2) is 28.9 Å². The molecule has 0 spiro atoms. The summed E-state index contributed by atoms with van der Waals surface area (Å²) in [5.74, 6) is -0.138. The number of hydrogen-bond acceptors (Lipinski definition) is 7. The smallest absolute Gasteiger partial charge is 0.338 e. The number of fused-ring (bicyclic) bond motifs is 1. The van der Waals surface area contributed by atoms with Gasteiger partial charge in [0, 0.05) is 5.56 Å². The summed E-state index contributed by atoms with van der Waals surface area (Å²) in [7, 11) is 1.48. The van der Waals surface area contributed by atoms with Crippen molar-refractivity contribution in [3.63, 3.8) is 0 Å². The summed E-state index contributed by atoms with van der Waals surface area (Å²) >= 11 is 1.24. The molecule has 0 saturated carbocycles. The zero-order chi connectivity index (χ0) is 26.0. The Morgan fingerprint density at radius 1 is 1.28 bits per heavy atom. The number of carbonyl (C=O) groups excluding carboxylic acids is 1. The van der Waals surface area contributed by atoms with Crippen LogP contribution in [0.2, 0.25) is 0 Å². The SMILES string of the molecule is C=CCc1cc(C=c2sc3n(c2=O)C(c2ccccc2)C(C(=O)OC(C)C)=C(C)N=3)cc(OC)c1O. The molecular formula is C28H28N2O5S. The van der Waals surface area contributed by atoms with E-state index in [4.69, 9.17) is 9.47 Å². The van der Waals surface area contributed by atoms with E-state index in [0.29, 0.717) is 43.9 Å². The molecule has 1 N–H and O–H groups in total.